The third-order valence-electron chi connectivity index (χ3n) is 4.91. The number of fused-ring (bicyclic) bond motifs is 2. The first-order chi connectivity index (χ1) is 9.60. The van der Waals surface area contributed by atoms with Gasteiger partial charge in [-0.15, -0.1) is 0 Å². The van der Waals surface area contributed by atoms with Gasteiger partial charge in [-0.05, 0) is 55.7 Å². The quantitative estimate of drug-likeness (QED) is 0.863. The lowest BCUT2D eigenvalue weighted by molar-refractivity contribution is -0.121. The summed E-state index contributed by atoms with van der Waals surface area (Å²) in [6.45, 7) is 1.93. The monoisotopic (exact) mass is 269 g/mol. The minimum atomic E-state index is -0.0705. The van der Waals surface area contributed by atoms with E-state index in [-0.39, 0.29) is 17.9 Å². The predicted molar refractivity (Wildman–Crippen MR) is 76.8 cm³/mol. The Kier molecular flexibility index (Phi) is 3.23. The fourth-order valence-electron chi connectivity index (χ4n) is 3.77. The number of carbonyl (C=O) groups excluding carboxylic acids is 1. The second kappa shape index (κ2) is 4.92. The van der Waals surface area contributed by atoms with E-state index in [1.54, 1.807) is 12.1 Å². The number of nitrogens with two attached hydrogens (primary N) is 1. The first kappa shape index (κ1) is 13.1. The highest BCUT2D eigenvalue weighted by atomic mass is 16.2. The highest BCUT2D eigenvalue weighted by molar-refractivity contribution is 5.94. The second-order valence-corrected chi connectivity index (χ2v) is 6.07. The normalized spacial score (nSPS) is 31.1. The maximum absolute atomic E-state index is 12.5. The molecule has 0 aromatic heterocycles. The number of nitrogens with one attached hydrogen (secondary N) is 1. The highest BCUT2D eigenvalue weighted by Crippen LogP contribution is 2.47. The molecule has 0 heterocycles. The van der Waals surface area contributed by atoms with Gasteiger partial charge in [0, 0.05) is 11.7 Å². The third kappa shape index (κ3) is 2.08. The SMILES string of the molecule is Cc1ccc(C#N)cc1NC(=O)C1C2CCC(C2)C1N. The zero-order valence-electron chi connectivity index (χ0n) is 11.6. The molecule has 20 heavy (non-hydrogen) atoms. The van der Waals surface area contributed by atoms with E-state index < -0.39 is 0 Å². The summed E-state index contributed by atoms with van der Waals surface area (Å²) in [5, 5.41) is 11.9. The van der Waals surface area contributed by atoms with Crippen LogP contribution < -0.4 is 11.1 Å². The molecule has 4 nitrogen and oxygen atoms in total. The zero-order chi connectivity index (χ0) is 14.3. The van der Waals surface area contributed by atoms with E-state index in [9.17, 15) is 4.79 Å². The highest BCUT2D eigenvalue weighted by Gasteiger charge is 2.49. The molecule has 4 unspecified atom stereocenters. The molecule has 1 aromatic carbocycles. The molecule has 3 rings (SSSR count). The molecular formula is C16H19N3O. The Labute approximate surface area is 119 Å². The molecule has 0 saturated heterocycles. The minimum Gasteiger partial charge on any atom is -0.327 e. The summed E-state index contributed by atoms with van der Waals surface area (Å²) in [6.07, 6.45) is 3.38. The van der Waals surface area contributed by atoms with Crippen LogP contribution in [0.25, 0.3) is 0 Å². The minimum absolute atomic E-state index is 0.00629. The summed E-state index contributed by atoms with van der Waals surface area (Å²) < 4.78 is 0. The Balaban J connectivity index is 1.78. The van der Waals surface area contributed by atoms with Crippen molar-refractivity contribution in [2.75, 3.05) is 5.32 Å². The first-order valence-electron chi connectivity index (χ1n) is 7.17. The molecule has 0 spiro atoms. The number of carbonyl (C=O) groups is 1. The van der Waals surface area contributed by atoms with Gasteiger partial charge in [-0.25, -0.2) is 0 Å². The van der Waals surface area contributed by atoms with Gasteiger partial charge in [-0.1, -0.05) is 6.07 Å². The molecule has 3 N–H and O–H groups in total. The number of rotatable bonds is 2. The van der Waals surface area contributed by atoms with Crippen molar-refractivity contribution in [1.29, 1.82) is 5.26 Å². The molecule has 0 aliphatic heterocycles. The Hall–Kier alpha value is -1.86. The van der Waals surface area contributed by atoms with Gasteiger partial charge in [0.05, 0.1) is 17.6 Å². The van der Waals surface area contributed by atoms with Crippen LogP contribution in [0.15, 0.2) is 18.2 Å². The fourth-order valence-corrected chi connectivity index (χ4v) is 3.77. The fraction of sp³-hybridized carbons (Fsp3) is 0.500. The van der Waals surface area contributed by atoms with Crippen LogP contribution in [-0.2, 0) is 4.79 Å². The number of aryl methyl sites for hydroxylation is 1. The predicted octanol–water partition coefficient (Wildman–Crippen LogP) is 2.18. The van der Waals surface area contributed by atoms with Gasteiger partial charge < -0.3 is 11.1 Å². The number of hydrogen-bond acceptors (Lipinski definition) is 3. The van der Waals surface area contributed by atoms with Gasteiger partial charge in [0.25, 0.3) is 0 Å². The van der Waals surface area contributed by atoms with Gasteiger partial charge in [0.2, 0.25) is 5.91 Å². The van der Waals surface area contributed by atoms with E-state index in [2.05, 4.69) is 11.4 Å². The molecule has 1 aromatic rings. The molecule has 4 heteroatoms. The summed E-state index contributed by atoms with van der Waals surface area (Å²) in [6, 6.07) is 7.43. The standard InChI is InChI=1S/C16H19N3O/c1-9-2-3-10(8-17)6-13(9)19-16(20)14-11-4-5-12(7-11)15(14)18/h2-3,6,11-12,14-15H,4-5,7,18H2,1H3,(H,19,20). The average molecular weight is 269 g/mol. The van der Waals surface area contributed by atoms with Crippen LogP contribution in [0.3, 0.4) is 0 Å². The van der Waals surface area contributed by atoms with E-state index in [4.69, 9.17) is 11.0 Å². The van der Waals surface area contributed by atoms with Gasteiger partial charge in [0.1, 0.15) is 0 Å². The maximum Gasteiger partial charge on any atom is 0.229 e. The molecule has 0 radical (unpaired) electrons. The van der Waals surface area contributed by atoms with Crippen molar-refractivity contribution in [2.24, 2.45) is 23.5 Å². The third-order valence-corrected chi connectivity index (χ3v) is 4.91. The van der Waals surface area contributed by atoms with E-state index in [0.29, 0.717) is 17.4 Å². The Morgan fingerprint density at radius 2 is 2.15 bits per heavy atom. The maximum atomic E-state index is 12.5. The molecule has 2 fully saturated rings. The molecule has 2 bridgehead atoms. The average Bonchev–Trinajstić information content (AvgIpc) is 3.01. The summed E-state index contributed by atoms with van der Waals surface area (Å²) in [4.78, 5) is 12.5. The summed E-state index contributed by atoms with van der Waals surface area (Å²) >= 11 is 0. The van der Waals surface area contributed by atoms with Crippen LogP contribution in [0.1, 0.15) is 30.4 Å². The van der Waals surface area contributed by atoms with E-state index in [1.165, 1.54) is 6.42 Å². The van der Waals surface area contributed by atoms with Crippen molar-refractivity contribution in [3.8, 4) is 6.07 Å². The zero-order valence-corrected chi connectivity index (χ0v) is 11.6. The van der Waals surface area contributed by atoms with Crippen LogP contribution >= 0.6 is 0 Å². The second-order valence-electron chi connectivity index (χ2n) is 6.07. The van der Waals surface area contributed by atoms with Gasteiger partial charge in [0.15, 0.2) is 0 Å². The van der Waals surface area contributed by atoms with Crippen molar-refractivity contribution < 1.29 is 4.79 Å². The van der Waals surface area contributed by atoms with Crippen LogP contribution in [0.2, 0.25) is 0 Å². The summed E-state index contributed by atoms with van der Waals surface area (Å²) in [7, 11) is 0. The summed E-state index contributed by atoms with van der Waals surface area (Å²) in [5.41, 5.74) is 8.45. The molecule has 2 saturated carbocycles. The van der Waals surface area contributed by atoms with E-state index in [1.807, 2.05) is 13.0 Å². The van der Waals surface area contributed by atoms with Crippen molar-refractivity contribution in [3.63, 3.8) is 0 Å². The number of hydrogen-bond donors (Lipinski definition) is 2. The lowest BCUT2D eigenvalue weighted by atomic mass is 9.84. The molecule has 1 amide bonds. The largest absolute Gasteiger partial charge is 0.327 e. The van der Waals surface area contributed by atoms with Crippen molar-refractivity contribution in [3.05, 3.63) is 29.3 Å². The molecule has 4 atom stereocenters. The van der Waals surface area contributed by atoms with Crippen LogP contribution in [0, 0.1) is 36.0 Å². The van der Waals surface area contributed by atoms with Crippen LogP contribution in [-0.4, -0.2) is 11.9 Å². The number of nitrogens with zero attached hydrogens (tertiary/aromatic N) is 1. The number of amides is 1. The van der Waals surface area contributed by atoms with Crippen molar-refractivity contribution in [2.45, 2.75) is 32.2 Å². The summed E-state index contributed by atoms with van der Waals surface area (Å²) in [5.74, 6) is 0.901. The number of anilines is 1. The van der Waals surface area contributed by atoms with Crippen LogP contribution in [0.4, 0.5) is 5.69 Å². The van der Waals surface area contributed by atoms with Crippen molar-refractivity contribution in [1.82, 2.24) is 0 Å². The smallest absolute Gasteiger partial charge is 0.229 e. The first-order valence-corrected chi connectivity index (χ1v) is 7.17. The number of nitriles is 1. The Morgan fingerprint density at radius 3 is 2.80 bits per heavy atom. The Bertz CT molecular complexity index is 588. The van der Waals surface area contributed by atoms with Gasteiger partial charge >= 0.3 is 0 Å². The van der Waals surface area contributed by atoms with Gasteiger partial charge in [-0.2, -0.15) is 5.26 Å². The molecular weight excluding hydrogens is 250 g/mol. The van der Waals surface area contributed by atoms with Crippen molar-refractivity contribution >= 4 is 11.6 Å². The number of benzene rings is 1. The lowest BCUT2D eigenvalue weighted by Crippen LogP contribution is -2.42. The molecule has 104 valence electrons. The Morgan fingerprint density at radius 1 is 1.40 bits per heavy atom. The van der Waals surface area contributed by atoms with Crippen LogP contribution in [0.5, 0.6) is 0 Å². The molecule has 2 aliphatic rings. The van der Waals surface area contributed by atoms with E-state index in [0.717, 1.165) is 24.1 Å². The van der Waals surface area contributed by atoms with Gasteiger partial charge in [-0.3, -0.25) is 4.79 Å². The molecule has 2 aliphatic carbocycles. The lowest BCUT2D eigenvalue weighted by Gasteiger charge is -2.27. The topological polar surface area (TPSA) is 78.9 Å². The van der Waals surface area contributed by atoms with E-state index >= 15 is 0 Å².